The molecule has 1 N–H and O–H groups in total. The lowest BCUT2D eigenvalue weighted by atomic mass is 10.1. The summed E-state index contributed by atoms with van der Waals surface area (Å²) in [5, 5.41) is 12.5. The van der Waals surface area contributed by atoms with Crippen molar-refractivity contribution in [3.05, 3.63) is 60.4 Å². The largest absolute Gasteiger partial charge is 0.353 e. The lowest BCUT2D eigenvalue weighted by molar-refractivity contribution is -0.119. The fourth-order valence-corrected chi connectivity index (χ4v) is 4.55. The van der Waals surface area contributed by atoms with Crippen LogP contribution in [-0.4, -0.2) is 32.5 Å². The monoisotopic (exact) mass is 424 g/mol. The minimum Gasteiger partial charge on any atom is -0.353 e. The second-order valence-electron chi connectivity index (χ2n) is 7.53. The second kappa shape index (κ2) is 9.89. The Morgan fingerprint density at radius 1 is 1.00 bits per heavy atom. The number of hydrogen-bond acceptors (Lipinski definition) is 4. The van der Waals surface area contributed by atoms with E-state index in [1.807, 2.05) is 34.9 Å². The van der Waals surface area contributed by atoms with Crippen LogP contribution in [-0.2, 0) is 4.79 Å². The topological polar surface area (TPSA) is 59.8 Å². The van der Waals surface area contributed by atoms with E-state index >= 15 is 0 Å². The zero-order chi connectivity index (χ0) is 20.8. The minimum atomic E-state index is -0.297. The fraction of sp³-hybridized carbons (Fsp3) is 0.348. The van der Waals surface area contributed by atoms with Crippen LogP contribution in [0.1, 0.15) is 38.5 Å². The maximum Gasteiger partial charge on any atom is 0.230 e. The molecule has 0 unspecified atom stereocenters. The number of nitrogens with one attached hydrogen (secondary N) is 1. The predicted octanol–water partition coefficient (Wildman–Crippen LogP) is 5.00. The predicted molar refractivity (Wildman–Crippen MR) is 117 cm³/mol. The number of rotatable bonds is 6. The van der Waals surface area contributed by atoms with E-state index in [4.69, 9.17) is 0 Å². The molecule has 0 atom stereocenters. The number of nitrogens with zero attached hydrogens (tertiary/aromatic N) is 3. The molecule has 30 heavy (non-hydrogen) atoms. The van der Waals surface area contributed by atoms with Crippen molar-refractivity contribution in [2.24, 2.45) is 0 Å². The molecule has 7 heteroatoms. The number of aromatic nitrogens is 3. The lowest BCUT2D eigenvalue weighted by Crippen LogP contribution is -2.35. The molecule has 1 aliphatic rings. The molecule has 1 saturated carbocycles. The van der Waals surface area contributed by atoms with E-state index in [0.29, 0.717) is 11.0 Å². The average Bonchev–Trinajstić information content (AvgIpc) is 3.02. The number of halogens is 1. The molecule has 0 bridgehead atoms. The summed E-state index contributed by atoms with van der Waals surface area (Å²) in [7, 11) is 0. The average molecular weight is 425 g/mol. The Balaban J connectivity index is 1.52. The third-order valence-electron chi connectivity index (χ3n) is 5.30. The Morgan fingerprint density at radius 3 is 2.40 bits per heavy atom. The molecule has 3 aromatic rings. The van der Waals surface area contributed by atoms with E-state index < -0.39 is 0 Å². The van der Waals surface area contributed by atoms with Crippen LogP contribution in [0.3, 0.4) is 0 Å². The zero-order valence-electron chi connectivity index (χ0n) is 16.8. The molecule has 2 aromatic carbocycles. The molecule has 1 heterocycles. The van der Waals surface area contributed by atoms with Gasteiger partial charge in [0, 0.05) is 17.3 Å². The van der Waals surface area contributed by atoms with Crippen LogP contribution in [0.4, 0.5) is 4.39 Å². The molecular formula is C23H25FN4OS. The second-order valence-corrected chi connectivity index (χ2v) is 8.47. The van der Waals surface area contributed by atoms with Gasteiger partial charge in [0.2, 0.25) is 5.91 Å². The van der Waals surface area contributed by atoms with Crippen molar-refractivity contribution >= 4 is 17.7 Å². The summed E-state index contributed by atoms with van der Waals surface area (Å²) in [5.74, 6) is 0.630. The Kier molecular flexibility index (Phi) is 6.79. The van der Waals surface area contributed by atoms with Gasteiger partial charge in [-0.25, -0.2) is 4.39 Å². The van der Waals surface area contributed by atoms with Gasteiger partial charge in [-0.3, -0.25) is 9.36 Å². The highest BCUT2D eigenvalue weighted by molar-refractivity contribution is 7.99. The van der Waals surface area contributed by atoms with Gasteiger partial charge in [-0.15, -0.1) is 10.2 Å². The molecule has 1 aliphatic carbocycles. The van der Waals surface area contributed by atoms with Gasteiger partial charge in [0.1, 0.15) is 5.82 Å². The molecule has 0 radical (unpaired) electrons. The van der Waals surface area contributed by atoms with Crippen LogP contribution in [0.2, 0.25) is 0 Å². The standard InChI is InChI=1S/C23H25FN4OS/c24-18-14-12-17(13-15-18)22-26-27-23(28(22)20-10-6-3-7-11-20)30-16-21(29)25-19-8-4-1-2-5-9-19/h3,6-7,10-15,19H,1-2,4-5,8-9,16H2,(H,25,29). The molecule has 5 nitrogen and oxygen atoms in total. The molecule has 1 fully saturated rings. The van der Waals surface area contributed by atoms with Crippen molar-refractivity contribution in [1.29, 1.82) is 0 Å². The van der Waals surface area contributed by atoms with E-state index in [9.17, 15) is 9.18 Å². The van der Waals surface area contributed by atoms with Crippen molar-refractivity contribution in [2.75, 3.05) is 5.75 Å². The molecule has 0 saturated heterocycles. The first kappa shape index (κ1) is 20.6. The van der Waals surface area contributed by atoms with Crippen molar-refractivity contribution in [3.63, 3.8) is 0 Å². The van der Waals surface area contributed by atoms with Gasteiger partial charge in [-0.2, -0.15) is 0 Å². The summed E-state index contributed by atoms with van der Waals surface area (Å²) in [6.45, 7) is 0. The summed E-state index contributed by atoms with van der Waals surface area (Å²) in [6, 6.07) is 16.2. The summed E-state index contributed by atoms with van der Waals surface area (Å²) in [4.78, 5) is 12.5. The quantitative estimate of drug-likeness (QED) is 0.447. The Labute approximate surface area is 180 Å². The van der Waals surface area contributed by atoms with Gasteiger partial charge in [0.25, 0.3) is 0 Å². The molecule has 4 rings (SSSR count). The van der Waals surface area contributed by atoms with Crippen molar-refractivity contribution in [1.82, 2.24) is 20.1 Å². The SMILES string of the molecule is O=C(CSc1nnc(-c2ccc(F)cc2)n1-c1ccccc1)NC1CCCCCC1. The van der Waals surface area contributed by atoms with Crippen molar-refractivity contribution < 1.29 is 9.18 Å². The van der Waals surface area contributed by atoms with Gasteiger partial charge < -0.3 is 5.32 Å². The number of para-hydroxylation sites is 1. The summed E-state index contributed by atoms with van der Waals surface area (Å²) < 4.78 is 15.3. The highest BCUT2D eigenvalue weighted by atomic mass is 32.2. The third kappa shape index (κ3) is 5.08. The summed E-state index contributed by atoms with van der Waals surface area (Å²) in [6.07, 6.45) is 7.00. The number of carbonyl (C=O) groups is 1. The number of benzene rings is 2. The third-order valence-corrected chi connectivity index (χ3v) is 6.23. The molecule has 1 aromatic heterocycles. The highest BCUT2D eigenvalue weighted by Gasteiger charge is 2.19. The fourth-order valence-electron chi connectivity index (χ4n) is 3.78. The van der Waals surface area contributed by atoms with Crippen LogP contribution in [0.25, 0.3) is 17.1 Å². The van der Waals surface area contributed by atoms with Gasteiger partial charge in [0.15, 0.2) is 11.0 Å². The lowest BCUT2D eigenvalue weighted by Gasteiger charge is -2.16. The molecule has 0 spiro atoms. The number of hydrogen-bond donors (Lipinski definition) is 1. The number of carbonyl (C=O) groups excluding carboxylic acids is 1. The first-order valence-corrected chi connectivity index (χ1v) is 11.4. The highest BCUT2D eigenvalue weighted by Crippen LogP contribution is 2.28. The summed E-state index contributed by atoms with van der Waals surface area (Å²) >= 11 is 1.37. The van der Waals surface area contributed by atoms with E-state index in [1.165, 1.54) is 49.6 Å². The maximum absolute atomic E-state index is 13.4. The minimum absolute atomic E-state index is 0.0258. The zero-order valence-corrected chi connectivity index (χ0v) is 17.6. The Hall–Kier alpha value is -2.67. The van der Waals surface area contributed by atoms with Crippen molar-refractivity contribution in [3.8, 4) is 17.1 Å². The molecule has 156 valence electrons. The van der Waals surface area contributed by atoms with Gasteiger partial charge in [-0.1, -0.05) is 55.6 Å². The van der Waals surface area contributed by atoms with Crippen molar-refractivity contribution in [2.45, 2.75) is 49.7 Å². The normalized spacial score (nSPS) is 15.0. The van der Waals surface area contributed by atoms with E-state index in [0.717, 1.165) is 24.1 Å². The van der Waals surface area contributed by atoms with Gasteiger partial charge >= 0.3 is 0 Å². The van der Waals surface area contributed by atoms with Gasteiger partial charge in [-0.05, 0) is 49.2 Å². The molecule has 0 aliphatic heterocycles. The van der Waals surface area contributed by atoms with E-state index in [-0.39, 0.29) is 23.5 Å². The smallest absolute Gasteiger partial charge is 0.230 e. The molecular weight excluding hydrogens is 399 g/mol. The first-order chi connectivity index (χ1) is 14.7. The van der Waals surface area contributed by atoms with E-state index in [2.05, 4.69) is 15.5 Å². The maximum atomic E-state index is 13.4. The van der Waals surface area contributed by atoms with Crippen LogP contribution < -0.4 is 5.32 Å². The first-order valence-electron chi connectivity index (χ1n) is 10.4. The van der Waals surface area contributed by atoms with E-state index in [1.54, 1.807) is 12.1 Å². The number of thioether (sulfide) groups is 1. The van der Waals surface area contributed by atoms with Crippen LogP contribution in [0.15, 0.2) is 59.8 Å². The van der Waals surface area contributed by atoms with Gasteiger partial charge in [0.05, 0.1) is 5.75 Å². The summed E-state index contributed by atoms with van der Waals surface area (Å²) in [5.41, 5.74) is 1.66. The Morgan fingerprint density at radius 2 is 1.70 bits per heavy atom. The van der Waals surface area contributed by atoms with Crippen LogP contribution in [0, 0.1) is 5.82 Å². The molecule has 1 amide bonds. The Bertz CT molecular complexity index is 967. The van der Waals surface area contributed by atoms with Crippen LogP contribution >= 0.6 is 11.8 Å². The number of amides is 1. The van der Waals surface area contributed by atoms with Crippen LogP contribution in [0.5, 0.6) is 0 Å².